The van der Waals surface area contributed by atoms with Crippen LogP contribution in [-0.4, -0.2) is 34.1 Å². The van der Waals surface area contributed by atoms with Gasteiger partial charge in [-0.15, -0.1) is 0 Å². The van der Waals surface area contributed by atoms with Crippen LogP contribution in [0.15, 0.2) is 0 Å². The van der Waals surface area contributed by atoms with Crippen molar-refractivity contribution in [3.05, 3.63) is 0 Å². The zero-order valence-corrected chi connectivity index (χ0v) is 10.6. The van der Waals surface area contributed by atoms with Gasteiger partial charge in [-0.05, 0) is 12.8 Å². The Morgan fingerprint density at radius 2 is 1.94 bits per heavy atom. The summed E-state index contributed by atoms with van der Waals surface area (Å²) in [6, 6.07) is 0. The van der Waals surface area contributed by atoms with Gasteiger partial charge < -0.3 is 0 Å². The van der Waals surface area contributed by atoms with Crippen molar-refractivity contribution in [1.82, 2.24) is 4.90 Å². The molecule has 1 aliphatic heterocycles. The maximum atomic E-state index is 12.0. The van der Waals surface area contributed by atoms with Crippen LogP contribution in [0.1, 0.15) is 38.5 Å². The Hall–Kier alpha value is -0.840. The minimum absolute atomic E-state index is 0.00463. The van der Waals surface area contributed by atoms with Crippen LogP contribution in [0.3, 0.4) is 0 Å². The zero-order chi connectivity index (χ0) is 12.3. The first-order chi connectivity index (χ1) is 8.18. The van der Waals surface area contributed by atoms with Gasteiger partial charge in [0.25, 0.3) is 5.24 Å². The molecule has 0 atom stereocenters. The molecule has 5 heteroatoms. The summed E-state index contributed by atoms with van der Waals surface area (Å²) >= 11 is 1.13. The second kappa shape index (κ2) is 5.67. The number of thioether (sulfide) groups is 1. The molecule has 0 unspecified atom stereocenters. The first-order valence-corrected chi connectivity index (χ1v) is 7.17. The summed E-state index contributed by atoms with van der Waals surface area (Å²) in [7, 11) is 0. The van der Waals surface area contributed by atoms with Gasteiger partial charge in [0.1, 0.15) is 0 Å². The highest BCUT2D eigenvalue weighted by molar-refractivity contribution is 8.13. The molecule has 1 aliphatic carbocycles. The fourth-order valence-corrected chi connectivity index (χ4v) is 3.18. The molecule has 2 fully saturated rings. The summed E-state index contributed by atoms with van der Waals surface area (Å²) in [6.07, 6.45) is 5.58. The number of Topliss-reactive ketones (excluding diaryl/α,β-unsaturated/α-hetero) is 1. The molecule has 0 aromatic carbocycles. The van der Waals surface area contributed by atoms with E-state index in [-0.39, 0.29) is 29.4 Å². The summed E-state index contributed by atoms with van der Waals surface area (Å²) in [5.41, 5.74) is 0. The Morgan fingerprint density at radius 3 is 2.59 bits per heavy atom. The van der Waals surface area contributed by atoms with Crippen LogP contribution in [0, 0.1) is 5.92 Å². The maximum absolute atomic E-state index is 12.0. The molecule has 0 aromatic heterocycles. The number of imide groups is 1. The van der Waals surface area contributed by atoms with Crippen molar-refractivity contribution in [2.75, 3.05) is 12.3 Å². The van der Waals surface area contributed by atoms with E-state index < -0.39 is 0 Å². The van der Waals surface area contributed by atoms with Crippen molar-refractivity contribution in [2.24, 2.45) is 5.92 Å². The summed E-state index contributed by atoms with van der Waals surface area (Å²) in [5, 5.41) is -0.259. The Morgan fingerprint density at radius 1 is 1.24 bits per heavy atom. The van der Waals surface area contributed by atoms with Gasteiger partial charge in [0.2, 0.25) is 5.91 Å². The summed E-state index contributed by atoms with van der Waals surface area (Å²) in [6.45, 7) is -0.00463. The van der Waals surface area contributed by atoms with Gasteiger partial charge in [0, 0.05) is 18.1 Å². The lowest BCUT2D eigenvalue weighted by Crippen LogP contribution is -2.43. The zero-order valence-electron chi connectivity index (χ0n) is 9.81. The second-order valence-electron chi connectivity index (χ2n) is 4.65. The molecule has 0 bridgehead atoms. The molecule has 0 aromatic rings. The van der Waals surface area contributed by atoms with E-state index in [0.717, 1.165) is 42.3 Å². The van der Waals surface area contributed by atoms with Crippen LogP contribution in [0.4, 0.5) is 4.79 Å². The van der Waals surface area contributed by atoms with Crippen LogP contribution in [-0.2, 0) is 9.59 Å². The van der Waals surface area contributed by atoms with Gasteiger partial charge in [-0.3, -0.25) is 19.3 Å². The molecular weight excluding hydrogens is 238 g/mol. The average molecular weight is 255 g/mol. The highest BCUT2D eigenvalue weighted by Gasteiger charge is 2.31. The van der Waals surface area contributed by atoms with Gasteiger partial charge >= 0.3 is 0 Å². The first-order valence-electron chi connectivity index (χ1n) is 6.18. The lowest BCUT2D eigenvalue weighted by Gasteiger charge is -2.26. The van der Waals surface area contributed by atoms with Gasteiger partial charge in [-0.2, -0.15) is 0 Å². The molecule has 94 valence electrons. The van der Waals surface area contributed by atoms with Crippen LogP contribution >= 0.6 is 11.8 Å². The van der Waals surface area contributed by atoms with Gasteiger partial charge in [-0.1, -0.05) is 31.0 Å². The lowest BCUT2D eigenvalue weighted by atomic mass is 9.86. The standard InChI is InChI=1S/C12H17NO3S/c14-10(9-4-2-1-3-5-9)8-13-11(15)6-7-17-12(13)16/h9H,1-8H2. The third kappa shape index (κ3) is 3.09. The fraction of sp³-hybridized carbons (Fsp3) is 0.750. The molecule has 2 rings (SSSR count). The number of rotatable bonds is 3. The maximum Gasteiger partial charge on any atom is 0.288 e. The van der Waals surface area contributed by atoms with E-state index in [1.807, 2.05) is 0 Å². The normalized spacial score (nSPS) is 22.9. The van der Waals surface area contributed by atoms with Crippen molar-refractivity contribution in [1.29, 1.82) is 0 Å². The number of hydrogen-bond acceptors (Lipinski definition) is 4. The van der Waals surface area contributed by atoms with E-state index in [4.69, 9.17) is 0 Å². The van der Waals surface area contributed by atoms with Crippen LogP contribution in [0.25, 0.3) is 0 Å². The van der Waals surface area contributed by atoms with E-state index in [1.54, 1.807) is 0 Å². The number of amides is 2. The first kappa shape index (κ1) is 12.6. The quantitative estimate of drug-likeness (QED) is 0.776. The average Bonchev–Trinajstić information content (AvgIpc) is 2.35. The van der Waals surface area contributed by atoms with E-state index in [0.29, 0.717) is 12.2 Å². The second-order valence-corrected chi connectivity index (χ2v) is 5.69. The summed E-state index contributed by atoms with van der Waals surface area (Å²) in [5.74, 6) is 0.481. The molecule has 4 nitrogen and oxygen atoms in total. The molecule has 0 radical (unpaired) electrons. The molecule has 2 aliphatic rings. The molecule has 0 spiro atoms. The SMILES string of the molecule is O=C(CN1C(=O)CCSC1=O)C1CCCCC1. The van der Waals surface area contributed by atoms with Crippen LogP contribution in [0.2, 0.25) is 0 Å². The van der Waals surface area contributed by atoms with Crippen LogP contribution < -0.4 is 0 Å². The molecular formula is C12H17NO3S. The monoisotopic (exact) mass is 255 g/mol. The van der Waals surface area contributed by atoms with Crippen LogP contribution in [0.5, 0.6) is 0 Å². The topological polar surface area (TPSA) is 54.5 Å². The number of hydrogen-bond donors (Lipinski definition) is 0. The number of carbonyl (C=O) groups is 3. The van der Waals surface area contributed by atoms with Gasteiger partial charge in [-0.25, -0.2) is 0 Å². The van der Waals surface area contributed by atoms with Crippen molar-refractivity contribution in [3.63, 3.8) is 0 Å². The Balaban J connectivity index is 1.92. The minimum atomic E-state index is -0.259. The molecule has 1 saturated heterocycles. The third-order valence-electron chi connectivity index (χ3n) is 3.44. The number of ketones is 1. The largest absolute Gasteiger partial charge is 0.297 e. The smallest absolute Gasteiger partial charge is 0.288 e. The fourth-order valence-electron chi connectivity index (χ4n) is 2.40. The predicted molar refractivity (Wildman–Crippen MR) is 65.8 cm³/mol. The summed E-state index contributed by atoms with van der Waals surface area (Å²) < 4.78 is 0. The van der Waals surface area contributed by atoms with E-state index in [1.165, 1.54) is 6.42 Å². The highest BCUT2D eigenvalue weighted by atomic mass is 32.2. The van der Waals surface area contributed by atoms with Crippen molar-refractivity contribution >= 4 is 28.7 Å². The minimum Gasteiger partial charge on any atom is -0.297 e. The van der Waals surface area contributed by atoms with Crippen molar-refractivity contribution in [2.45, 2.75) is 38.5 Å². The molecule has 17 heavy (non-hydrogen) atoms. The Kier molecular flexibility index (Phi) is 4.20. The number of nitrogens with zero attached hydrogens (tertiary/aromatic N) is 1. The Labute approximate surface area is 105 Å². The van der Waals surface area contributed by atoms with Crippen molar-refractivity contribution in [3.8, 4) is 0 Å². The van der Waals surface area contributed by atoms with E-state index in [2.05, 4.69) is 0 Å². The van der Waals surface area contributed by atoms with Gasteiger partial charge in [0.15, 0.2) is 5.78 Å². The van der Waals surface area contributed by atoms with Gasteiger partial charge in [0.05, 0.1) is 6.54 Å². The molecule has 2 amide bonds. The summed E-state index contributed by atoms with van der Waals surface area (Å²) in [4.78, 5) is 36.2. The van der Waals surface area contributed by atoms with Crippen molar-refractivity contribution < 1.29 is 14.4 Å². The molecule has 0 N–H and O–H groups in total. The molecule has 1 heterocycles. The number of carbonyl (C=O) groups excluding carboxylic acids is 3. The Bertz CT molecular complexity index is 321. The predicted octanol–water partition coefficient (Wildman–Crippen LogP) is 2.22. The van der Waals surface area contributed by atoms with E-state index >= 15 is 0 Å². The highest BCUT2D eigenvalue weighted by Crippen LogP contribution is 2.26. The third-order valence-corrected chi connectivity index (χ3v) is 4.31. The van der Waals surface area contributed by atoms with E-state index in [9.17, 15) is 14.4 Å². The lowest BCUT2D eigenvalue weighted by molar-refractivity contribution is -0.133. The molecule has 1 saturated carbocycles.